The number of benzene rings is 2. The van der Waals surface area contributed by atoms with Gasteiger partial charge >= 0.3 is 11.9 Å². The molecule has 90 valence electrons. The van der Waals surface area contributed by atoms with Crippen LogP contribution in [0.1, 0.15) is 23.5 Å². The minimum absolute atomic E-state index is 0.145. The SMILES string of the molecule is Cc1ccc(C2CC(=O)OC2=O)c2ccccc12. The summed E-state index contributed by atoms with van der Waals surface area (Å²) < 4.78 is 4.63. The van der Waals surface area contributed by atoms with E-state index in [-0.39, 0.29) is 6.42 Å². The molecule has 1 heterocycles. The standard InChI is InChI=1S/C15H12O3/c1-9-6-7-12(11-5-3-2-4-10(9)11)13-8-14(16)18-15(13)17/h2-7,13H,8H2,1H3. The van der Waals surface area contributed by atoms with Gasteiger partial charge in [0, 0.05) is 0 Å². The molecule has 18 heavy (non-hydrogen) atoms. The first-order valence-corrected chi connectivity index (χ1v) is 5.89. The summed E-state index contributed by atoms with van der Waals surface area (Å²) >= 11 is 0. The van der Waals surface area contributed by atoms with Crippen molar-refractivity contribution in [3.63, 3.8) is 0 Å². The largest absolute Gasteiger partial charge is 0.393 e. The second kappa shape index (κ2) is 3.95. The summed E-state index contributed by atoms with van der Waals surface area (Å²) in [4.78, 5) is 22.9. The topological polar surface area (TPSA) is 43.4 Å². The summed E-state index contributed by atoms with van der Waals surface area (Å²) in [5.74, 6) is -1.33. The van der Waals surface area contributed by atoms with Crippen molar-refractivity contribution in [2.75, 3.05) is 0 Å². The molecule has 1 aliphatic rings. The Kier molecular flexibility index (Phi) is 2.40. The highest BCUT2D eigenvalue weighted by Gasteiger charge is 2.35. The summed E-state index contributed by atoms with van der Waals surface area (Å²) in [5, 5.41) is 2.14. The average molecular weight is 240 g/mol. The summed E-state index contributed by atoms with van der Waals surface area (Å²) in [6.07, 6.45) is 0.145. The van der Waals surface area contributed by atoms with Crippen molar-refractivity contribution in [3.8, 4) is 0 Å². The van der Waals surface area contributed by atoms with E-state index in [0.717, 1.165) is 21.9 Å². The summed E-state index contributed by atoms with van der Waals surface area (Å²) in [7, 11) is 0. The Morgan fingerprint density at radius 2 is 1.78 bits per heavy atom. The van der Waals surface area contributed by atoms with Crippen molar-refractivity contribution in [2.24, 2.45) is 0 Å². The van der Waals surface area contributed by atoms with Gasteiger partial charge in [-0.05, 0) is 28.8 Å². The molecule has 1 unspecified atom stereocenters. The summed E-state index contributed by atoms with van der Waals surface area (Å²) in [6.45, 7) is 2.03. The second-order valence-corrected chi connectivity index (χ2v) is 4.57. The molecule has 3 rings (SSSR count). The number of esters is 2. The Bertz CT molecular complexity index is 658. The van der Waals surface area contributed by atoms with Crippen LogP contribution >= 0.6 is 0 Å². The second-order valence-electron chi connectivity index (χ2n) is 4.57. The van der Waals surface area contributed by atoms with E-state index in [0.29, 0.717) is 0 Å². The number of cyclic esters (lactones) is 2. The van der Waals surface area contributed by atoms with Crippen LogP contribution in [0.3, 0.4) is 0 Å². The van der Waals surface area contributed by atoms with Crippen molar-refractivity contribution in [3.05, 3.63) is 47.5 Å². The van der Waals surface area contributed by atoms with E-state index >= 15 is 0 Å². The van der Waals surface area contributed by atoms with Gasteiger partial charge in [0.25, 0.3) is 0 Å². The monoisotopic (exact) mass is 240 g/mol. The minimum Gasteiger partial charge on any atom is -0.393 e. The lowest BCUT2D eigenvalue weighted by Crippen LogP contribution is -2.06. The van der Waals surface area contributed by atoms with E-state index < -0.39 is 17.9 Å². The highest BCUT2D eigenvalue weighted by Crippen LogP contribution is 2.33. The van der Waals surface area contributed by atoms with Gasteiger partial charge in [0.15, 0.2) is 0 Å². The van der Waals surface area contributed by atoms with Crippen LogP contribution in [0.5, 0.6) is 0 Å². The molecule has 3 nitrogen and oxygen atoms in total. The van der Waals surface area contributed by atoms with E-state index in [1.54, 1.807) is 0 Å². The number of carbonyl (C=O) groups is 2. The van der Waals surface area contributed by atoms with Crippen molar-refractivity contribution in [1.82, 2.24) is 0 Å². The molecule has 0 amide bonds. The zero-order valence-corrected chi connectivity index (χ0v) is 9.97. The molecule has 2 aromatic carbocycles. The van der Waals surface area contributed by atoms with Gasteiger partial charge in [-0.15, -0.1) is 0 Å². The number of rotatable bonds is 1. The molecule has 0 radical (unpaired) electrons. The Morgan fingerprint density at radius 1 is 1.06 bits per heavy atom. The van der Waals surface area contributed by atoms with Crippen molar-refractivity contribution >= 4 is 22.7 Å². The Labute approximate surface area is 104 Å². The normalized spacial score (nSPS) is 19.3. The maximum absolute atomic E-state index is 11.7. The van der Waals surface area contributed by atoms with Gasteiger partial charge in [-0.3, -0.25) is 9.59 Å². The highest BCUT2D eigenvalue weighted by atomic mass is 16.6. The van der Waals surface area contributed by atoms with Crippen LogP contribution < -0.4 is 0 Å². The Morgan fingerprint density at radius 3 is 2.44 bits per heavy atom. The molecule has 0 aliphatic carbocycles. The van der Waals surface area contributed by atoms with Gasteiger partial charge in [0.05, 0.1) is 12.3 Å². The number of carbonyl (C=O) groups excluding carboxylic acids is 2. The van der Waals surface area contributed by atoms with Crippen molar-refractivity contribution in [2.45, 2.75) is 19.3 Å². The Hall–Kier alpha value is -2.16. The molecule has 1 saturated heterocycles. The fourth-order valence-corrected chi connectivity index (χ4v) is 2.49. The van der Waals surface area contributed by atoms with Gasteiger partial charge in [0.1, 0.15) is 0 Å². The zero-order chi connectivity index (χ0) is 12.7. The van der Waals surface area contributed by atoms with Crippen LogP contribution in [0, 0.1) is 6.92 Å². The third-order valence-corrected chi connectivity index (χ3v) is 3.42. The molecule has 1 fully saturated rings. The van der Waals surface area contributed by atoms with E-state index in [1.165, 1.54) is 0 Å². The molecule has 0 N–H and O–H groups in total. The lowest BCUT2D eigenvalue weighted by atomic mass is 9.90. The number of ether oxygens (including phenoxy) is 1. The molecule has 3 heteroatoms. The predicted octanol–water partition coefficient (Wildman–Crippen LogP) is 2.71. The lowest BCUT2D eigenvalue weighted by Gasteiger charge is -2.11. The van der Waals surface area contributed by atoms with Crippen LogP contribution in [-0.2, 0) is 14.3 Å². The minimum atomic E-state index is -0.456. The number of fused-ring (bicyclic) bond motifs is 1. The fourth-order valence-electron chi connectivity index (χ4n) is 2.49. The summed E-state index contributed by atoms with van der Waals surface area (Å²) in [6, 6.07) is 11.8. The van der Waals surface area contributed by atoms with Gasteiger partial charge in [-0.25, -0.2) is 0 Å². The quantitative estimate of drug-likeness (QED) is 0.568. The van der Waals surface area contributed by atoms with E-state index in [9.17, 15) is 9.59 Å². The van der Waals surface area contributed by atoms with Crippen LogP contribution in [0.4, 0.5) is 0 Å². The van der Waals surface area contributed by atoms with Crippen LogP contribution in [0.2, 0.25) is 0 Å². The maximum atomic E-state index is 11.7. The molecule has 1 aliphatic heterocycles. The first kappa shape index (κ1) is 11.0. The number of aryl methyl sites for hydroxylation is 1. The molecule has 2 aromatic rings. The molecule has 1 atom stereocenters. The lowest BCUT2D eigenvalue weighted by molar-refractivity contribution is -0.152. The first-order chi connectivity index (χ1) is 8.66. The third-order valence-electron chi connectivity index (χ3n) is 3.42. The molecular weight excluding hydrogens is 228 g/mol. The zero-order valence-electron chi connectivity index (χ0n) is 9.97. The smallest absolute Gasteiger partial charge is 0.321 e. The van der Waals surface area contributed by atoms with Crippen LogP contribution in [0.15, 0.2) is 36.4 Å². The van der Waals surface area contributed by atoms with Crippen LogP contribution in [-0.4, -0.2) is 11.9 Å². The molecule has 0 spiro atoms. The maximum Gasteiger partial charge on any atom is 0.321 e. The Balaban J connectivity index is 2.21. The molecule has 0 aromatic heterocycles. The third kappa shape index (κ3) is 1.59. The van der Waals surface area contributed by atoms with Gasteiger partial charge in [-0.2, -0.15) is 0 Å². The van der Waals surface area contributed by atoms with Gasteiger partial charge in [-0.1, -0.05) is 36.4 Å². The van der Waals surface area contributed by atoms with Crippen molar-refractivity contribution < 1.29 is 14.3 Å². The summed E-state index contributed by atoms with van der Waals surface area (Å²) in [5.41, 5.74) is 2.04. The van der Waals surface area contributed by atoms with Gasteiger partial charge in [0.2, 0.25) is 0 Å². The fraction of sp³-hybridized carbons (Fsp3) is 0.200. The number of hydrogen-bond donors (Lipinski definition) is 0. The predicted molar refractivity (Wildman–Crippen MR) is 67.1 cm³/mol. The van der Waals surface area contributed by atoms with Crippen LogP contribution in [0.25, 0.3) is 10.8 Å². The van der Waals surface area contributed by atoms with Crippen molar-refractivity contribution in [1.29, 1.82) is 0 Å². The van der Waals surface area contributed by atoms with Gasteiger partial charge < -0.3 is 4.74 Å². The first-order valence-electron chi connectivity index (χ1n) is 5.89. The van der Waals surface area contributed by atoms with E-state index in [2.05, 4.69) is 4.74 Å². The molecular formula is C15H12O3. The molecule has 0 saturated carbocycles. The van der Waals surface area contributed by atoms with E-state index in [4.69, 9.17) is 0 Å². The highest BCUT2D eigenvalue weighted by molar-refractivity contribution is 6.01. The van der Waals surface area contributed by atoms with E-state index in [1.807, 2.05) is 43.3 Å². The molecule has 0 bridgehead atoms. The average Bonchev–Trinajstić information content (AvgIpc) is 2.69. The number of hydrogen-bond acceptors (Lipinski definition) is 3.